The Balaban J connectivity index is 3.10. The van der Waals surface area contributed by atoms with Gasteiger partial charge in [-0.15, -0.1) is 17.7 Å². The van der Waals surface area contributed by atoms with E-state index < -0.39 is 5.97 Å². The van der Waals surface area contributed by atoms with Crippen molar-refractivity contribution in [2.45, 2.75) is 64.7 Å². The number of thioether (sulfide) groups is 1. The molecule has 1 N–H and O–H groups in total. The molecule has 0 aliphatic rings. The van der Waals surface area contributed by atoms with Crippen LogP contribution in [-0.4, -0.2) is 22.6 Å². The zero-order chi connectivity index (χ0) is 13.5. The summed E-state index contributed by atoms with van der Waals surface area (Å²) >= 11 is 1.89. The van der Waals surface area contributed by atoms with Gasteiger partial charge in [-0.1, -0.05) is 44.9 Å². The average molecular weight is 270 g/mol. The molecule has 0 aromatic carbocycles. The highest BCUT2D eigenvalue weighted by Gasteiger charge is 1.93. The van der Waals surface area contributed by atoms with Gasteiger partial charge in [-0.3, -0.25) is 4.79 Å². The second kappa shape index (κ2) is 14.4. The molecule has 3 heteroatoms. The number of carboxylic acid groups (broad SMARTS) is 1. The van der Waals surface area contributed by atoms with Crippen LogP contribution in [0.1, 0.15) is 64.7 Å². The first kappa shape index (κ1) is 17.4. The number of hydrogen-bond donors (Lipinski definition) is 1. The van der Waals surface area contributed by atoms with E-state index in [-0.39, 0.29) is 6.42 Å². The smallest absolute Gasteiger partial charge is 0.303 e. The van der Waals surface area contributed by atoms with Crippen LogP contribution < -0.4 is 0 Å². The minimum absolute atomic E-state index is 0.236. The Morgan fingerprint density at radius 3 is 2.50 bits per heavy atom. The lowest BCUT2D eigenvalue weighted by atomic mass is 10.1. The van der Waals surface area contributed by atoms with Crippen LogP contribution >= 0.6 is 11.8 Å². The van der Waals surface area contributed by atoms with E-state index in [1.807, 2.05) is 11.8 Å². The number of carboxylic acids is 1. The van der Waals surface area contributed by atoms with Gasteiger partial charge in [-0.2, -0.15) is 0 Å². The average Bonchev–Trinajstić information content (AvgIpc) is 2.34. The SMILES string of the molecule is CCCCCCCCSCC#CCCCC(=O)O. The molecule has 0 bridgehead atoms. The van der Waals surface area contributed by atoms with Crippen LogP contribution in [0.4, 0.5) is 0 Å². The molecule has 0 heterocycles. The lowest BCUT2D eigenvalue weighted by Crippen LogP contribution is -1.92. The molecular weight excluding hydrogens is 244 g/mol. The maximum atomic E-state index is 10.2. The van der Waals surface area contributed by atoms with E-state index in [1.54, 1.807) is 0 Å². The van der Waals surface area contributed by atoms with E-state index in [9.17, 15) is 4.79 Å². The first-order valence-corrected chi connectivity index (χ1v) is 8.18. The Labute approximate surface area is 116 Å². The van der Waals surface area contributed by atoms with Crippen LogP contribution in [0.2, 0.25) is 0 Å². The maximum Gasteiger partial charge on any atom is 0.303 e. The van der Waals surface area contributed by atoms with Crippen molar-refractivity contribution in [2.75, 3.05) is 11.5 Å². The second-order valence-electron chi connectivity index (χ2n) is 4.42. The lowest BCUT2D eigenvalue weighted by molar-refractivity contribution is -0.137. The summed E-state index contributed by atoms with van der Waals surface area (Å²) in [5.74, 6) is 7.48. The van der Waals surface area contributed by atoms with Crippen molar-refractivity contribution in [2.24, 2.45) is 0 Å². The van der Waals surface area contributed by atoms with Crippen molar-refractivity contribution in [3.63, 3.8) is 0 Å². The standard InChI is InChI=1S/C15H26O2S/c1-2-3-4-5-7-10-13-18-14-11-8-6-9-12-15(16)17/h2-7,9-10,12-14H2,1H3,(H,16,17). The predicted octanol–water partition coefficient (Wildman–Crippen LogP) is 4.34. The number of rotatable bonds is 11. The Morgan fingerprint density at radius 1 is 1.06 bits per heavy atom. The number of carbonyl (C=O) groups is 1. The highest BCUT2D eigenvalue weighted by Crippen LogP contribution is 2.09. The van der Waals surface area contributed by atoms with Gasteiger partial charge in [0.15, 0.2) is 0 Å². The molecule has 0 aromatic rings. The fraction of sp³-hybridized carbons (Fsp3) is 0.800. The Kier molecular flexibility index (Phi) is 13.9. The zero-order valence-electron chi connectivity index (χ0n) is 11.5. The molecule has 0 fully saturated rings. The van der Waals surface area contributed by atoms with Crippen LogP contribution in [-0.2, 0) is 4.79 Å². The van der Waals surface area contributed by atoms with E-state index in [4.69, 9.17) is 5.11 Å². The molecule has 0 saturated carbocycles. The molecule has 0 aliphatic heterocycles. The Morgan fingerprint density at radius 2 is 1.78 bits per heavy atom. The van der Waals surface area contributed by atoms with Crippen molar-refractivity contribution in [3.8, 4) is 11.8 Å². The molecule has 18 heavy (non-hydrogen) atoms. The normalized spacial score (nSPS) is 9.83. The van der Waals surface area contributed by atoms with Gasteiger partial charge in [0.25, 0.3) is 0 Å². The third-order valence-corrected chi connectivity index (χ3v) is 3.56. The maximum absolute atomic E-state index is 10.2. The van der Waals surface area contributed by atoms with E-state index in [0.717, 1.165) is 5.75 Å². The summed E-state index contributed by atoms with van der Waals surface area (Å²) in [5, 5.41) is 8.44. The Hall–Kier alpha value is -0.620. The van der Waals surface area contributed by atoms with Gasteiger partial charge in [0.2, 0.25) is 0 Å². The molecular formula is C15H26O2S. The first-order valence-electron chi connectivity index (χ1n) is 7.02. The molecule has 104 valence electrons. The summed E-state index contributed by atoms with van der Waals surface area (Å²) in [6, 6.07) is 0. The summed E-state index contributed by atoms with van der Waals surface area (Å²) in [7, 11) is 0. The van der Waals surface area contributed by atoms with Crippen LogP contribution in [0.25, 0.3) is 0 Å². The molecule has 0 aromatic heterocycles. The van der Waals surface area contributed by atoms with Gasteiger partial charge in [0.1, 0.15) is 0 Å². The summed E-state index contributed by atoms with van der Waals surface area (Å²) in [6.07, 6.45) is 9.70. The minimum atomic E-state index is -0.728. The van der Waals surface area contributed by atoms with Crippen molar-refractivity contribution in [1.82, 2.24) is 0 Å². The summed E-state index contributed by atoms with van der Waals surface area (Å²) in [4.78, 5) is 10.2. The van der Waals surface area contributed by atoms with Gasteiger partial charge in [-0.25, -0.2) is 0 Å². The fourth-order valence-corrected chi connectivity index (χ4v) is 2.33. The zero-order valence-corrected chi connectivity index (χ0v) is 12.4. The second-order valence-corrected chi connectivity index (χ2v) is 5.53. The van der Waals surface area contributed by atoms with Crippen molar-refractivity contribution in [1.29, 1.82) is 0 Å². The molecule has 0 unspecified atom stereocenters. The topological polar surface area (TPSA) is 37.3 Å². The van der Waals surface area contributed by atoms with Gasteiger partial charge >= 0.3 is 5.97 Å². The van der Waals surface area contributed by atoms with Gasteiger partial charge in [0, 0.05) is 12.8 Å². The first-order chi connectivity index (χ1) is 8.77. The number of hydrogen-bond acceptors (Lipinski definition) is 2. The molecule has 0 aliphatic carbocycles. The summed E-state index contributed by atoms with van der Waals surface area (Å²) in [6.45, 7) is 2.24. The monoisotopic (exact) mass is 270 g/mol. The van der Waals surface area contributed by atoms with Gasteiger partial charge in [-0.05, 0) is 18.6 Å². The molecule has 0 spiro atoms. The molecule has 2 nitrogen and oxygen atoms in total. The third kappa shape index (κ3) is 15.4. The highest BCUT2D eigenvalue weighted by atomic mass is 32.2. The van der Waals surface area contributed by atoms with Crippen LogP contribution in [0.3, 0.4) is 0 Å². The third-order valence-electron chi connectivity index (χ3n) is 2.63. The molecule has 0 amide bonds. The van der Waals surface area contributed by atoms with Crippen molar-refractivity contribution < 1.29 is 9.90 Å². The van der Waals surface area contributed by atoms with E-state index in [2.05, 4.69) is 18.8 Å². The van der Waals surface area contributed by atoms with Crippen LogP contribution in [0, 0.1) is 11.8 Å². The van der Waals surface area contributed by atoms with E-state index in [0.29, 0.717) is 12.8 Å². The van der Waals surface area contributed by atoms with E-state index >= 15 is 0 Å². The quantitative estimate of drug-likeness (QED) is 0.448. The van der Waals surface area contributed by atoms with Crippen molar-refractivity contribution >= 4 is 17.7 Å². The Bertz CT molecular complexity index is 253. The summed E-state index contributed by atoms with van der Waals surface area (Å²) in [5.41, 5.74) is 0. The fourth-order valence-electron chi connectivity index (χ4n) is 1.58. The molecule has 0 atom stereocenters. The molecule has 0 radical (unpaired) electrons. The van der Waals surface area contributed by atoms with Crippen LogP contribution in [0.15, 0.2) is 0 Å². The lowest BCUT2D eigenvalue weighted by Gasteiger charge is -1.99. The summed E-state index contributed by atoms with van der Waals surface area (Å²) < 4.78 is 0. The van der Waals surface area contributed by atoms with Crippen molar-refractivity contribution in [3.05, 3.63) is 0 Å². The van der Waals surface area contributed by atoms with Crippen LogP contribution in [0.5, 0.6) is 0 Å². The number of aliphatic carboxylic acids is 1. The minimum Gasteiger partial charge on any atom is -0.481 e. The highest BCUT2D eigenvalue weighted by molar-refractivity contribution is 7.99. The molecule has 0 saturated heterocycles. The van der Waals surface area contributed by atoms with Gasteiger partial charge < -0.3 is 5.11 Å². The number of unbranched alkanes of at least 4 members (excludes halogenated alkanes) is 6. The largest absolute Gasteiger partial charge is 0.481 e. The van der Waals surface area contributed by atoms with E-state index in [1.165, 1.54) is 44.3 Å². The van der Waals surface area contributed by atoms with Gasteiger partial charge in [0.05, 0.1) is 5.75 Å². The predicted molar refractivity (Wildman–Crippen MR) is 80.0 cm³/mol. The molecule has 0 rings (SSSR count).